The van der Waals surface area contributed by atoms with Gasteiger partial charge in [0.1, 0.15) is 5.60 Å². The molecule has 9 nitrogen and oxygen atoms in total. The summed E-state index contributed by atoms with van der Waals surface area (Å²) in [6.45, 7) is 1.84. The average Bonchev–Trinajstić information content (AvgIpc) is 3.26. The van der Waals surface area contributed by atoms with Crippen LogP contribution in [0.1, 0.15) is 38.0 Å². The molecular weight excluding hydrogens is 362 g/mol. The van der Waals surface area contributed by atoms with Crippen LogP contribution in [0.5, 0.6) is 0 Å². The summed E-state index contributed by atoms with van der Waals surface area (Å²) < 4.78 is 10.7. The van der Waals surface area contributed by atoms with Crippen LogP contribution >= 0.6 is 0 Å². The lowest BCUT2D eigenvalue weighted by molar-refractivity contribution is -0.131. The van der Waals surface area contributed by atoms with E-state index in [1.807, 2.05) is 17.0 Å². The number of carbonyl (C=O) groups is 2. The van der Waals surface area contributed by atoms with Gasteiger partial charge >= 0.3 is 6.09 Å². The van der Waals surface area contributed by atoms with E-state index < -0.39 is 5.60 Å². The Kier molecular flexibility index (Phi) is 5.23. The van der Waals surface area contributed by atoms with Crippen molar-refractivity contribution < 1.29 is 18.8 Å². The molecule has 2 aromatic heterocycles. The fraction of sp³-hybridized carbons (Fsp3) is 0.526. The Balaban J connectivity index is 1.25. The Bertz CT molecular complexity index is 840. The van der Waals surface area contributed by atoms with Crippen LogP contribution in [-0.4, -0.2) is 57.3 Å². The molecule has 2 amide bonds. The Hall–Kier alpha value is -2.97. The molecule has 148 valence electrons. The highest BCUT2D eigenvalue weighted by molar-refractivity contribution is 5.76. The van der Waals surface area contributed by atoms with Gasteiger partial charge in [-0.1, -0.05) is 5.16 Å². The van der Waals surface area contributed by atoms with Crippen molar-refractivity contribution in [3.63, 3.8) is 0 Å². The second-order valence-electron chi connectivity index (χ2n) is 7.27. The number of alkyl carbamates (subject to hydrolysis) is 1. The second kappa shape index (κ2) is 7.95. The van der Waals surface area contributed by atoms with E-state index in [4.69, 9.17) is 9.26 Å². The standard InChI is InChI=1S/C19H23N5O4/c25-16(24-10-3-7-19(8-11-24)13-21-18(26)27-19)6-1-5-15-22-17(23-28-15)14-4-2-9-20-12-14/h2,4,9,12H,1,3,5-8,10-11,13H2,(H,21,26). The van der Waals surface area contributed by atoms with E-state index in [9.17, 15) is 9.59 Å². The molecule has 0 radical (unpaired) electrons. The van der Waals surface area contributed by atoms with Crippen molar-refractivity contribution in [3.8, 4) is 11.4 Å². The van der Waals surface area contributed by atoms with Crippen LogP contribution < -0.4 is 5.32 Å². The summed E-state index contributed by atoms with van der Waals surface area (Å²) in [6, 6.07) is 3.69. The smallest absolute Gasteiger partial charge is 0.407 e. The highest BCUT2D eigenvalue weighted by Gasteiger charge is 2.41. The molecule has 0 aromatic carbocycles. The highest BCUT2D eigenvalue weighted by atomic mass is 16.6. The Morgan fingerprint density at radius 3 is 3.04 bits per heavy atom. The van der Waals surface area contributed by atoms with Crippen molar-refractivity contribution in [2.75, 3.05) is 19.6 Å². The van der Waals surface area contributed by atoms with E-state index in [-0.39, 0.29) is 12.0 Å². The van der Waals surface area contributed by atoms with E-state index in [1.54, 1.807) is 12.4 Å². The first kappa shape index (κ1) is 18.4. The van der Waals surface area contributed by atoms with Gasteiger partial charge in [-0.05, 0) is 31.4 Å². The lowest BCUT2D eigenvalue weighted by Gasteiger charge is -2.25. The number of rotatable bonds is 5. The number of aromatic nitrogens is 3. The van der Waals surface area contributed by atoms with E-state index in [1.165, 1.54) is 0 Å². The Labute approximate surface area is 162 Å². The van der Waals surface area contributed by atoms with E-state index in [0.29, 0.717) is 57.0 Å². The van der Waals surface area contributed by atoms with Gasteiger partial charge in [-0.3, -0.25) is 9.78 Å². The molecule has 2 saturated heterocycles. The van der Waals surface area contributed by atoms with Crippen LogP contribution in [0.15, 0.2) is 29.0 Å². The lowest BCUT2D eigenvalue weighted by atomic mass is 9.95. The largest absolute Gasteiger partial charge is 0.441 e. The number of hydrogen-bond donors (Lipinski definition) is 1. The molecule has 0 saturated carbocycles. The maximum absolute atomic E-state index is 12.6. The number of carbonyl (C=O) groups excluding carboxylic acids is 2. The number of hydrogen-bond acceptors (Lipinski definition) is 7. The van der Waals surface area contributed by atoms with E-state index in [2.05, 4.69) is 20.4 Å². The predicted octanol–water partition coefficient (Wildman–Crippen LogP) is 1.95. The number of pyridine rings is 1. The van der Waals surface area contributed by atoms with Crippen LogP contribution in [0.4, 0.5) is 4.79 Å². The summed E-state index contributed by atoms with van der Waals surface area (Å²) in [5, 5.41) is 6.69. The third-order valence-electron chi connectivity index (χ3n) is 5.28. The summed E-state index contributed by atoms with van der Waals surface area (Å²) in [7, 11) is 0. The quantitative estimate of drug-likeness (QED) is 0.837. The average molecular weight is 385 g/mol. The molecule has 1 atom stereocenters. The van der Waals surface area contributed by atoms with Gasteiger partial charge in [-0.25, -0.2) is 4.79 Å². The fourth-order valence-electron chi connectivity index (χ4n) is 3.72. The number of ether oxygens (including phenoxy) is 1. The predicted molar refractivity (Wildman–Crippen MR) is 98.1 cm³/mol. The number of aryl methyl sites for hydroxylation is 1. The lowest BCUT2D eigenvalue weighted by Crippen LogP contribution is -2.36. The van der Waals surface area contributed by atoms with Crippen LogP contribution in [0.25, 0.3) is 11.4 Å². The van der Waals surface area contributed by atoms with Crippen molar-refractivity contribution in [3.05, 3.63) is 30.4 Å². The molecule has 2 aromatic rings. The molecule has 1 spiro atoms. The Morgan fingerprint density at radius 2 is 2.25 bits per heavy atom. The first-order chi connectivity index (χ1) is 13.6. The number of nitrogens with one attached hydrogen (secondary N) is 1. The molecular formula is C19H23N5O4. The monoisotopic (exact) mass is 385 g/mol. The first-order valence-electron chi connectivity index (χ1n) is 9.61. The zero-order chi connectivity index (χ0) is 19.4. The summed E-state index contributed by atoms with van der Waals surface area (Å²) in [5.74, 6) is 1.14. The maximum atomic E-state index is 12.6. The molecule has 2 aliphatic rings. The SMILES string of the molecule is O=C1NCC2(CCCN(C(=O)CCCc3nc(-c4cccnc4)no3)CC2)O1. The molecule has 2 aliphatic heterocycles. The van der Waals surface area contributed by atoms with Gasteiger partial charge in [0.25, 0.3) is 0 Å². The second-order valence-corrected chi connectivity index (χ2v) is 7.27. The third-order valence-corrected chi connectivity index (χ3v) is 5.28. The first-order valence-corrected chi connectivity index (χ1v) is 9.61. The zero-order valence-corrected chi connectivity index (χ0v) is 15.6. The molecule has 9 heteroatoms. The van der Waals surface area contributed by atoms with Gasteiger partial charge < -0.3 is 19.5 Å². The summed E-state index contributed by atoms with van der Waals surface area (Å²) >= 11 is 0. The van der Waals surface area contributed by atoms with Crippen molar-refractivity contribution in [2.24, 2.45) is 0 Å². The van der Waals surface area contributed by atoms with Crippen LogP contribution in [0.3, 0.4) is 0 Å². The van der Waals surface area contributed by atoms with E-state index >= 15 is 0 Å². The fourth-order valence-corrected chi connectivity index (χ4v) is 3.72. The third kappa shape index (κ3) is 4.13. The zero-order valence-electron chi connectivity index (χ0n) is 15.6. The number of nitrogens with zero attached hydrogens (tertiary/aromatic N) is 4. The van der Waals surface area contributed by atoms with Crippen molar-refractivity contribution in [1.82, 2.24) is 25.3 Å². The van der Waals surface area contributed by atoms with Gasteiger partial charge in [-0.15, -0.1) is 0 Å². The molecule has 1 N–H and O–H groups in total. The minimum absolute atomic E-state index is 0.112. The number of likely N-dealkylation sites (tertiary alicyclic amines) is 1. The minimum atomic E-state index is -0.446. The van der Waals surface area contributed by atoms with Crippen LogP contribution in [0.2, 0.25) is 0 Å². The summed E-state index contributed by atoms with van der Waals surface area (Å²) in [4.78, 5) is 34.2. The van der Waals surface area contributed by atoms with Crippen molar-refractivity contribution in [2.45, 2.75) is 44.1 Å². The van der Waals surface area contributed by atoms with Gasteiger partial charge in [0.05, 0.1) is 6.54 Å². The topological polar surface area (TPSA) is 110 Å². The number of amides is 2. The van der Waals surface area contributed by atoms with Gasteiger partial charge in [0.2, 0.25) is 17.6 Å². The van der Waals surface area contributed by atoms with Gasteiger partial charge in [0, 0.05) is 50.3 Å². The Morgan fingerprint density at radius 1 is 1.32 bits per heavy atom. The summed E-state index contributed by atoms with van der Waals surface area (Å²) in [6.07, 6.45) is 6.93. The highest BCUT2D eigenvalue weighted by Crippen LogP contribution is 2.29. The van der Waals surface area contributed by atoms with E-state index in [0.717, 1.165) is 18.4 Å². The molecule has 0 bridgehead atoms. The van der Waals surface area contributed by atoms with Gasteiger partial charge in [0.15, 0.2) is 0 Å². The normalized spacial score (nSPS) is 22.0. The molecule has 4 heterocycles. The molecule has 1 unspecified atom stereocenters. The van der Waals surface area contributed by atoms with Crippen LogP contribution in [-0.2, 0) is 16.0 Å². The maximum Gasteiger partial charge on any atom is 0.407 e. The minimum Gasteiger partial charge on any atom is -0.441 e. The molecule has 28 heavy (non-hydrogen) atoms. The molecule has 0 aliphatic carbocycles. The van der Waals surface area contributed by atoms with Crippen molar-refractivity contribution in [1.29, 1.82) is 0 Å². The van der Waals surface area contributed by atoms with Crippen LogP contribution in [0, 0.1) is 0 Å². The van der Waals surface area contributed by atoms with Crippen molar-refractivity contribution >= 4 is 12.0 Å². The summed E-state index contributed by atoms with van der Waals surface area (Å²) in [5.41, 5.74) is 0.354. The molecule has 4 rings (SSSR count). The van der Waals surface area contributed by atoms with Gasteiger partial charge in [-0.2, -0.15) is 4.98 Å². The molecule has 2 fully saturated rings.